The first kappa shape index (κ1) is 21.7. The zero-order chi connectivity index (χ0) is 20.7. The van der Waals surface area contributed by atoms with Gasteiger partial charge in [-0.3, -0.25) is 9.59 Å². The molecule has 0 saturated carbocycles. The largest absolute Gasteiger partial charge is 0.330 e. The van der Waals surface area contributed by atoms with E-state index in [1.165, 1.54) is 11.0 Å². The molecule has 0 unspecified atom stereocenters. The molecule has 2 aromatic rings. The van der Waals surface area contributed by atoms with Crippen LogP contribution in [-0.4, -0.2) is 29.8 Å². The molecule has 0 aromatic heterocycles. The summed E-state index contributed by atoms with van der Waals surface area (Å²) >= 11 is 3.38. The van der Waals surface area contributed by atoms with Gasteiger partial charge in [-0.15, -0.1) is 0 Å². The highest BCUT2D eigenvalue weighted by Gasteiger charge is 2.18. The lowest BCUT2D eigenvalue weighted by atomic mass is 10.2. The molecule has 4 nitrogen and oxygen atoms in total. The Balaban J connectivity index is 2.07. The number of carbonyl (C=O) groups is 2. The van der Waals surface area contributed by atoms with Crippen LogP contribution in [0, 0.1) is 17.5 Å². The van der Waals surface area contributed by atoms with Gasteiger partial charge in [0.15, 0.2) is 17.5 Å². The van der Waals surface area contributed by atoms with Crippen molar-refractivity contribution >= 4 is 39.5 Å². The molecule has 0 radical (unpaired) electrons. The van der Waals surface area contributed by atoms with Crippen LogP contribution in [0.4, 0.5) is 18.9 Å². The molecular formula is C20H18BrF3N2O2. The lowest BCUT2D eigenvalue weighted by Crippen LogP contribution is -2.37. The van der Waals surface area contributed by atoms with Crippen molar-refractivity contribution in [2.45, 2.75) is 13.3 Å². The van der Waals surface area contributed by atoms with E-state index in [1.807, 2.05) is 31.2 Å². The molecule has 148 valence electrons. The lowest BCUT2D eigenvalue weighted by Gasteiger charge is -2.20. The third-order valence-corrected chi connectivity index (χ3v) is 4.48. The van der Waals surface area contributed by atoms with Crippen molar-refractivity contribution in [2.75, 3.05) is 18.4 Å². The Hall–Kier alpha value is -2.61. The van der Waals surface area contributed by atoms with E-state index >= 15 is 0 Å². The predicted octanol–water partition coefficient (Wildman–Crippen LogP) is 4.76. The van der Waals surface area contributed by atoms with Crippen molar-refractivity contribution < 1.29 is 22.8 Å². The van der Waals surface area contributed by atoms with Gasteiger partial charge in [0.2, 0.25) is 11.8 Å². The molecule has 0 aliphatic rings. The van der Waals surface area contributed by atoms with Crippen LogP contribution >= 0.6 is 15.9 Å². The monoisotopic (exact) mass is 454 g/mol. The molecule has 0 heterocycles. The number of carbonyl (C=O) groups excluding carboxylic acids is 2. The smallest absolute Gasteiger partial charge is 0.247 e. The van der Waals surface area contributed by atoms with Gasteiger partial charge >= 0.3 is 0 Å². The number of anilines is 1. The van der Waals surface area contributed by atoms with Gasteiger partial charge in [-0.25, -0.2) is 13.2 Å². The Labute approximate surface area is 169 Å². The summed E-state index contributed by atoms with van der Waals surface area (Å²) < 4.78 is 40.7. The second kappa shape index (κ2) is 10.1. The second-order valence-electron chi connectivity index (χ2n) is 5.89. The fourth-order valence-corrected chi connectivity index (χ4v) is 2.82. The molecule has 0 spiro atoms. The van der Waals surface area contributed by atoms with Crippen LogP contribution in [0.15, 0.2) is 46.9 Å². The Morgan fingerprint density at radius 3 is 2.50 bits per heavy atom. The molecule has 0 aliphatic heterocycles. The van der Waals surface area contributed by atoms with Gasteiger partial charge in [0.05, 0.1) is 5.69 Å². The van der Waals surface area contributed by atoms with Gasteiger partial charge in [-0.2, -0.15) is 0 Å². The topological polar surface area (TPSA) is 49.4 Å². The molecule has 0 fully saturated rings. The van der Waals surface area contributed by atoms with Crippen LogP contribution in [0.1, 0.15) is 18.9 Å². The van der Waals surface area contributed by atoms with E-state index in [4.69, 9.17) is 0 Å². The van der Waals surface area contributed by atoms with E-state index in [0.29, 0.717) is 19.0 Å². The molecule has 28 heavy (non-hydrogen) atoms. The van der Waals surface area contributed by atoms with E-state index in [9.17, 15) is 22.8 Å². The average Bonchev–Trinajstić information content (AvgIpc) is 2.67. The molecule has 2 amide bonds. The summed E-state index contributed by atoms with van der Waals surface area (Å²) in [6.45, 7) is 1.78. The normalized spacial score (nSPS) is 10.9. The maximum absolute atomic E-state index is 13.7. The zero-order valence-electron chi connectivity index (χ0n) is 15.0. The van der Waals surface area contributed by atoms with Crippen molar-refractivity contribution in [3.05, 3.63) is 70.0 Å². The number of hydrogen-bond acceptors (Lipinski definition) is 2. The highest BCUT2D eigenvalue weighted by Crippen LogP contribution is 2.20. The lowest BCUT2D eigenvalue weighted by molar-refractivity contribution is -0.130. The van der Waals surface area contributed by atoms with Crippen molar-refractivity contribution in [1.29, 1.82) is 0 Å². The Morgan fingerprint density at radius 2 is 1.82 bits per heavy atom. The number of amides is 2. The van der Waals surface area contributed by atoms with Crippen molar-refractivity contribution in [3.8, 4) is 0 Å². The summed E-state index contributed by atoms with van der Waals surface area (Å²) in [6, 6.07) is 8.94. The molecule has 0 saturated heterocycles. The van der Waals surface area contributed by atoms with Gasteiger partial charge < -0.3 is 10.2 Å². The quantitative estimate of drug-likeness (QED) is 0.484. The Bertz CT molecular complexity index is 903. The van der Waals surface area contributed by atoms with Crippen LogP contribution in [0.3, 0.4) is 0 Å². The summed E-state index contributed by atoms with van der Waals surface area (Å²) in [5, 5.41) is 2.16. The first-order valence-corrected chi connectivity index (χ1v) is 9.27. The third kappa shape index (κ3) is 5.69. The summed E-state index contributed by atoms with van der Waals surface area (Å²) in [5.41, 5.74) is 0.303. The maximum Gasteiger partial charge on any atom is 0.247 e. The van der Waals surface area contributed by atoms with Crippen molar-refractivity contribution in [3.63, 3.8) is 0 Å². The summed E-state index contributed by atoms with van der Waals surface area (Å²) in [5.74, 6) is -5.64. The van der Waals surface area contributed by atoms with Gasteiger partial charge in [0.25, 0.3) is 0 Å². The van der Waals surface area contributed by atoms with Crippen LogP contribution in [0.25, 0.3) is 6.08 Å². The second-order valence-corrected chi connectivity index (χ2v) is 6.74. The molecule has 8 heteroatoms. The van der Waals surface area contributed by atoms with E-state index in [1.54, 1.807) is 6.08 Å². The number of rotatable bonds is 7. The predicted molar refractivity (Wildman–Crippen MR) is 105 cm³/mol. The molecular weight excluding hydrogens is 437 g/mol. The standard InChI is InChI=1S/C20H18BrF3N2O2/c1-2-11-26(18(28)10-7-13-5-3-4-6-14(13)21)12-17(27)25-16-9-8-15(22)19(23)20(16)24/h3-10H,2,11-12H2,1H3,(H,25,27). The van der Waals surface area contributed by atoms with Gasteiger partial charge in [-0.1, -0.05) is 41.1 Å². The average molecular weight is 455 g/mol. The minimum Gasteiger partial charge on any atom is -0.330 e. The van der Waals surface area contributed by atoms with E-state index in [2.05, 4.69) is 21.2 Å². The Morgan fingerprint density at radius 1 is 1.11 bits per heavy atom. The van der Waals surface area contributed by atoms with Crippen LogP contribution < -0.4 is 5.32 Å². The summed E-state index contributed by atoms with van der Waals surface area (Å²) in [6.07, 6.45) is 3.55. The van der Waals surface area contributed by atoms with Crippen LogP contribution in [0.2, 0.25) is 0 Å². The molecule has 0 aliphatic carbocycles. The van der Waals surface area contributed by atoms with Crippen LogP contribution in [-0.2, 0) is 9.59 Å². The van der Waals surface area contributed by atoms with Gasteiger partial charge in [0, 0.05) is 17.1 Å². The summed E-state index contributed by atoms with van der Waals surface area (Å²) in [7, 11) is 0. The minimum absolute atomic E-state index is 0.298. The first-order chi connectivity index (χ1) is 13.3. The highest BCUT2D eigenvalue weighted by atomic mass is 79.9. The fourth-order valence-electron chi connectivity index (χ4n) is 2.40. The molecule has 1 N–H and O–H groups in total. The SMILES string of the molecule is CCCN(CC(=O)Nc1ccc(F)c(F)c1F)C(=O)C=Cc1ccccc1Br. The van der Waals surface area contributed by atoms with Gasteiger partial charge in [-0.05, 0) is 36.3 Å². The number of nitrogens with zero attached hydrogens (tertiary/aromatic N) is 1. The molecule has 2 rings (SSSR count). The molecule has 2 aromatic carbocycles. The minimum atomic E-state index is -1.67. The van der Waals surface area contributed by atoms with Crippen molar-refractivity contribution in [2.24, 2.45) is 0 Å². The number of halogens is 4. The van der Waals surface area contributed by atoms with Gasteiger partial charge in [0.1, 0.15) is 6.54 Å². The van der Waals surface area contributed by atoms with E-state index in [0.717, 1.165) is 16.1 Å². The Kier molecular flexibility index (Phi) is 7.80. The van der Waals surface area contributed by atoms with Crippen molar-refractivity contribution in [1.82, 2.24) is 4.90 Å². The molecule has 0 atom stereocenters. The maximum atomic E-state index is 13.7. The van der Waals surface area contributed by atoms with E-state index < -0.39 is 35.0 Å². The number of nitrogens with one attached hydrogen (secondary N) is 1. The number of hydrogen-bond donors (Lipinski definition) is 1. The van der Waals surface area contributed by atoms with Crippen LogP contribution in [0.5, 0.6) is 0 Å². The van der Waals surface area contributed by atoms with E-state index in [-0.39, 0.29) is 6.54 Å². The highest BCUT2D eigenvalue weighted by molar-refractivity contribution is 9.10. The number of benzene rings is 2. The fraction of sp³-hybridized carbons (Fsp3) is 0.200. The molecule has 0 bridgehead atoms. The first-order valence-electron chi connectivity index (χ1n) is 8.48. The summed E-state index contributed by atoms with van der Waals surface area (Å²) in [4.78, 5) is 25.9. The third-order valence-electron chi connectivity index (χ3n) is 3.76. The zero-order valence-corrected chi connectivity index (χ0v) is 16.6.